The molecule has 138 valence electrons. The smallest absolute Gasteiger partial charge is 0.321 e. The van der Waals surface area contributed by atoms with Crippen molar-refractivity contribution in [2.45, 2.75) is 6.42 Å². The van der Waals surface area contributed by atoms with E-state index in [1.165, 1.54) is 18.2 Å². The number of nitrogens with zero attached hydrogens (tertiary/aromatic N) is 3. The summed E-state index contributed by atoms with van der Waals surface area (Å²) in [6, 6.07) is 3.81. The molecule has 0 aliphatic carbocycles. The molecule has 5 nitrogen and oxygen atoms in total. The number of anilines is 2. The largest absolute Gasteiger partial charge is 0.367 e. The summed E-state index contributed by atoms with van der Waals surface area (Å²) in [6.45, 7) is 2.38. The Kier molecular flexibility index (Phi) is 6.06. The van der Waals surface area contributed by atoms with Crippen molar-refractivity contribution in [3.05, 3.63) is 51.5 Å². The maximum Gasteiger partial charge on any atom is 0.321 e. The first kappa shape index (κ1) is 19.0. The van der Waals surface area contributed by atoms with Gasteiger partial charge in [-0.15, -0.1) is 0 Å². The number of hydrogen-bond acceptors (Lipinski definition) is 3. The minimum atomic E-state index is -0.527. The second kappa shape index (κ2) is 8.29. The Balaban J connectivity index is 1.66. The summed E-state index contributed by atoms with van der Waals surface area (Å²) < 4.78 is 13.2. The fourth-order valence-electron chi connectivity index (χ4n) is 2.83. The van der Waals surface area contributed by atoms with Crippen LogP contribution in [0.25, 0.3) is 0 Å². The zero-order valence-corrected chi connectivity index (χ0v) is 16.0. The summed E-state index contributed by atoms with van der Waals surface area (Å²) in [5.74, 6) is -0.527. The predicted molar refractivity (Wildman–Crippen MR) is 103 cm³/mol. The van der Waals surface area contributed by atoms with Crippen LogP contribution >= 0.6 is 34.8 Å². The minimum Gasteiger partial charge on any atom is -0.367 e. The molecule has 1 aromatic heterocycles. The van der Waals surface area contributed by atoms with Gasteiger partial charge in [-0.05, 0) is 24.6 Å². The van der Waals surface area contributed by atoms with Crippen LogP contribution in [0, 0.1) is 5.82 Å². The number of rotatable bonds is 2. The number of nitrogens with one attached hydrogen (secondary N) is 1. The Hall–Kier alpha value is -1.76. The first-order valence-corrected chi connectivity index (χ1v) is 9.14. The van der Waals surface area contributed by atoms with Gasteiger partial charge in [0.05, 0.1) is 20.8 Å². The number of aromatic nitrogens is 1. The van der Waals surface area contributed by atoms with Gasteiger partial charge in [0, 0.05) is 44.3 Å². The highest BCUT2D eigenvalue weighted by molar-refractivity contribution is 6.38. The number of halogens is 4. The molecular weight excluding hydrogens is 402 g/mol. The third-order valence-electron chi connectivity index (χ3n) is 4.10. The van der Waals surface area contributed by atoms with Gasteiger partial charge in [-0.1, -0.05) is 34.8 Å². The number of urea groups is 1. The van der Waals surface area contributed by atoms with Gasteiger partial charge >= 0.3 is 6.03 Å². The van der Waals surface area contributed by atoms with Gasteiger partial charge in [-0.3, -0.25) is 4.98 Å². The van der Waals surface area contributed by atoms with Gasteiger partial charge in [0.1, 0.15) is 5.82 Å². The van der Waals surface area contributed by atoms with Crippen LogP contribution in [0.5, 0.6) is 0 Å². The summed E-state index contributed by atoms with van der Waals surface area (Å²) >= 11 is 18.2. The van der Waals surface area contributed by atoms with Crippen molar-refractivity contribution < 1.29 is 9.18 Å². The van der Waals surface area contributed by atoms with Crippen LogP contribution in [0.1, 0.15) is 6.42 Å². The van der Waals surface area contributed by atoms with Gasteiger partial charge in [0.25, 0.3) is 0 Å². The second-order valence-corrected chi connectivity index (χ2v) is 7.06. The van der Waals surface area contributed by atoms with Crippen LogP contribution in [0.15, 0.2) is 30.6 Å². The molecule has 1 N–H and O–H groups in total. The zero-order valence-electron chi connectivity index (χ0n) is 13.7. The number of hydrogen-bond donors (Lipinski definition) is 1. The van der Waals surface area contributed by atoms with E-state index in [9.17, 15) is 9.18 Å². The monoisotopic (exact) mass is 416 g/mol. The molecule has 3 rings (SSSR count). The third kappa shape index (κ3) is 4.31. The molecule has 0 unspecified atom stereocenters. The molecule has 9 heteroatoms. The average molecular weight is 418 g/mol. The summed E-state index contributed by atoms with van der Waals surface area (Å²) in [7, 11) is 0. The lowest BCUT2D eigenvalue weighted by Crippen LogP contribution is -2.38. The highest BCUT2D eigenvalue weighted by Crippen LogP contribution is 2.33. The quantitative estimate of drug-likeness (QED) is 0.754. The topological polar surface area (TPSA) is 48.5 Å². The van der Waals surface area contributed by atoms with Gasteiger partial charge < -0.3 is 15.1 Å². The lowest BCUT2D eigenvalue weighted by atomic mass is 10.3. The number of amides is 2. The minimum absolute atomic E-state index is 0.0354. The molecule has 0 spiro atoms. The number of benzene rings is 1. The third-order valence-corrected chi connectivity index (χ3v) is 4.94. The SMILES string of the molecule is O=C(Nc1ccc(F)c(Cl)c1)N1CCCN(c2c(Cl)cncc2Cl)CC1. The van der Waals surface area contributed by atoms with Crippen molar-refractivity contribution in [2.24, 2.45) is 0 Å². The summed E-state index contributed by atoms with van der Waals surface area (Å²) in [5, 5.41) is 3.67. The lowest BCUT2D eigenvalue weighted by molar-refractivity contribution is 0.215. The summed E-state index contributed by atoms with van der Waals surface area (Å²) in [6.07, 6.45) is 3.86. The van der Waals surface area contributed by atoms with E-state index in [0.717, 1.165) is 18.7 Å². The van der Waals surface area contributed by atoms with E-state index in [1.54, 1.807) is 17.3 Å². The number of pyridine rings is 1. The molecule has 1 aromatic carbocycles. The van der Waals surface area contributed by atoms with E-state index in [1.807, 2.05) is 4.90 Å². The Morgan fingerprint density at radius 1 is 1.04 bits per heavy atom. The van der Waals surface area contributed by atoms with E-state index >= 15 is 0 Å². The van der Waals surface area contributed by atoms with Gasteiger partial charge in [0.15, 0.2) is 0 Å². The number of carbonyl (C=O) groups excluding carboxylic acids is 1. The molecule has 0 bridgehead atoms. The van der Waals surface area contributed by atoms with Crippen LogP contribution in [-0.4, -0.2) is 42.1 Å². The Bertz CT molecular complexity index is 800. The zero-order chi connectivity index (χ0) is 18.7. The highest BCUT2D eigenvalue weighted by atomic mass is 35.5. The second-order valence-electron chi connectivity index (χ2n) is 5.84. The van der Waals surface area contributed by atoms with Gasteiger partial charge in [-0.2, -0.15) is 0 Å². The highest BCUT2D eigenvalue weighted by Gasteiger charge is 2.22. The van der Waals surface area contributed by atoms with Crippen LogP contribution in [0.3, 0.4) is 0 Å². The fraction of sp³-hybridized carbons (Fsp3) is 0.294. The van der Waals surface area contributed by atoms with Crippen molar-refractivity contribution >= 4 is 52.2 Å². The first-order valence-electron chi connectivity index (χ1n) is 8.00. The standard InChI is InChI=1S/C17H16Cl3FN4O/c18-12-8-11(2-3-15(12)21)23-17(26)25-5-1-4-24(6-7-25)16-13(19)9-22-10-14(16)20/h2-3,8-10H,1,4-7H2,(H,23,26). The molecular formula is C17H16Cl3FN4O. The maximum absolute atomic E-state index is 13.2. The van der Waals surface area contributed by atoms with E-state index in [0.29, 0.717) is 35.4 Å². The average Bonchev–Trinajstić information content (AvgIpc) is 2.84. The predicted octanol–water partition coefficient (Wildman–Crippen LogP) is 4.93. The lowest BCUT2D eigenvalue weighted by Gasteiger charge is -2.25. The van der Waals surface area contributed by atoms with E-state index in [2.05, 4.69) is 10.3 Å². The summed E-state index contributed by atoms with van der Waals surface area (Å²) in [5.41, 5.74) is 1.18. The van der Waals surface area contributed by atoms with Crippen LogP contribution in [-0.2, 0) is 0 Å². The van der Waals surface area contributed by atoms with Gasteiger partial charge in [0.2, 0.25) is 0 Å². The molecule has 1 aliphatic rings. The van der Waals surface area contributed by atoms with Gasteiger partial charge in [-0.25, -0.2) is 9.18 Å². The van der Waals surface area contributed by atoms with E-state index < -0.39 is 5.82 Å². The first-order chi connectivity index (χ1) is 12.5. The van der Waals surface area contributed by atoms with Crippen LogP contribution in [0.2, 0.25) is 15.1 Å². The molecule has 0 atom stereocenters. The molecule has 1 fully saturated rings. The van der Waals surface area contributed by atoms with Crippen molar-refractivity contribution in [3.8, 4) is 0 Å². The molecule has 1 aliphatic heterocycles. The fourth-order valence-corrected chi connectivity index (χ4v) is 3.61. The summed E-state index contributed by atoms with van der Waals surface area (Å²) in [4.78, 5) is 20.2. The van der Waals surface area contributed by atoms with Crippen molar-refractivity contribution in [1.29, 1.82) is 0 Å². The molecule has 2 amide bonds. The maximum atomic E-state index is 13.2. The van der Waals surface area contributed by atoms with E-state index in [-0.39, 0.29) is 11.1 Å². The number of carbonyl (C=O) groups is 1. The van der Waals surface area contributed by atoms with E-state index in [4.69, 9.17) is 34.8 Å². The molecule has 0 radical (unpaired) electrons. The Morgan fingerprint density at radius 3 is 2.46 bits per heavy atom. The van der Waals surface area contributed by atoms with Crippen LogP contribution < -0.4 is 10.2 Å². The normalized spacial score (nSPS) is 14.9. The Morgan fingerprint density at radius 2 is 1.77 bits per heavy atom. The van der Waals surface area contributed by atoms with Crippen molar-refractivity contribution in [3.63, 3.8) is 0 Å². The Labute approximate surface area is 165 Å². The van der Waals surface area contributed by atoms with Crippen molar-refractivity contribution in [2.75, 3.05) is 36.4 Å². The molecule has 26 heavy (non-hydrogen) atoms. The van der Waals surface area contributed by atoms with Crippen LogP contribution in [0.4, 0.5) is 20.6 Å². The molecule has 2 aromatic rings. The van der Waals surface area contributed by atoms with Crippen molar-refractivity contribution in [1.82, 2.24) is 9.88 Å². The molecule has 0 saturated carbocycles. The molecule has 1 saturated heterocycles. The molecule has 2 heterocycles.